The van der Waals surface area contributed by atoms with Crippen LogP contribution in [0.3, 0.4) is 0 Å². The number of aliphatic hydroxyl groups excluding tert-OH is 1. The summed E-state index contributed by atoms with van der Waals surface area (Å²) in [7, 11) is 0. The van der Waals surface area contributed by atoms with E-state index in [0.29, 0.717) is 4.34 Å². The SMILES string of the molecule is OC(CF)CNc1ccsc1Cl. The fourth-order valence-electron chi connectivity index (χ4n) is 0.702. The summed E-state index contributed by atoms with van der Waals surface area (Å²) >= 11 is 7.14. The number of rotatable bonds is 4. The van der Waals surface area contributed by atoms with Crippen LogP contribution in [-0.2, 0) is 0 Å². The summed E-state index contributed by atoms with van der Waals surface area (Å²) in [5.74, 6) is 0. The second kappa shape index (κ2) is 4.64. The highest BCUT2D eigenvalue weighted by molar-refractivity contribution is 7.15. The lowest BCUT2D eigenvalue weighted by molar-refractivity contribution is 0.151. The summed E-state index contributed by atoms with van der Waals surface area (Å²) in [6, 6.07) is 1.79. The molecule has 2 nitrogen and oxygen atoms in total. The molecule has 2 N–H and O–H groups in total. The van der Waals surface area contributed by atoms with Gasteiger partial charge in [0.25, 0.3) is 0 Å². The molecule has 0 aliphatic heterocycles. The zero-order valence-corrected chi connectivity index (χ0v) is 7.83. The van der Waals surface area contributed by atoms with Gasteiger partial charge in [0.1, 0.15) is 11.0 Å². The maximum absolute atomic E-state index is 11.8. The van der Waals surface area contributed by atoms with Gasteiger partial charge in [-0.05, 0) is 11.4 Å². The van der Waals surface area contributed by atoms with Crippen LogP contribution in [0.4, 0.5) is 10.1 Å². The Kier molecular flexibility index (Phi) is 3.78. The predicted molar refractivity (Wildman–Crippen MR) is 49.8 cm³/mol. The van der Waals surface area contributed by atoms with Crippen molar-refractivity contribution < 1.29 is 9.50 Å². The van der Waals surface area contributed by atoms with Crippen molar-refractivity contribution in [2.45, 2.75) is 6.10 Å². The Morgan fingerprint density at radius 3 is 3.00 bits per heavy atom. The first-order chi connectivity index (χ1) is 5.74. The van der Waals surface area contributed by atoms with E-state index in [9.17, 15) is 4.39 Å². The van der Waals surface area contributed by atoms with Gasteiger partial charge in [-0.3, -0.25) is 0 Å². The molecular weight excluding hydrogens is 201 g/mol. The summed E-state index contributed by atoms with van der Waals surface area (Å²) in [5.41, 5.74) is 0.745. The fraction of sp³-hybridized carbons (Fsp3) is 0.429. The summed E-state index contributed by atoms with van der Waals surface area (Å²) in [5, 5.41) is 13.5. The molecule has 0 saturated carbocycles. The maximum Gasteiger partial charge on any atom is 0.117 e. The van der Waals surface area contributed by atoms with Crippen LogP contribution in [0.25, 0.3) is 0 Å². The van der Waals surface area contributed by atoms with E-state index < -0.39 is 12.8 Å². The highest BCUT2D eigenvalue weighted by atomic mass is 35.5. The lowest BCUT2D eigenvalue weighted by Gasteiger charge is -2.07. The Morgan fingerprint density at radius 1 is 1.75 bits per heavy atom. The minimum Gasteiger partial charge on any atom is -0.389 e. The van der Waals surface area contributed by atoms with Crippen molar-refractivity contribution in [2.24, 2.45) is 0 Å². The lowest BCUT2D eigenvalue weighted by Crippen LogP contribution is -2.20. The molecule has 0 radical (unpaired) electrons. The molecule has 1 atom stereocenters. The van der Waals surface area contributed by atoms with Crippen LogP contribution in [0.5, 0.6) is 0 Å². The first-order valence-electron chi connectivity index (χ1n) is 3.45. The smallest absolute Gasteiger partial charge is 0.117 e. The van der Waals surface area contributed by atoms with Crippen molar-refractivity contribution in [2.75, 3.05) is 18.5 Å². The zero-order chi connectivity index (χ0) is 8.97. The number of hydrogen-bond donors (Lipinski definition) is 2. The number of thiophene rings is 1. The van der Waals surface area contributed by atoms with E-state index >= 15 is 0 Å². The number of hydrogen-bond acceptors (Lipinski definition) is 3. The Balaban J connectivity index is 2.38. The molecule has 0 saturated heterocycles. The van der Waals surface area contributed by atoms with Crippen LogP contribution in [0, 0.1) is 0 Å². The molecule has 1 aromatic heterocycles. The summed E-state index contributed by atoms with van der Waals surface area (Å²) in [6.07, 6.45) is -0.957. The average Bonchev–Trinajstić information content (AvgIpc) is 2.47. The molecule has 0 fully saturated rings. The fourth-order valence-corrected chi connectivity index (χ4v) is 1.58. The molecule has 1 rings (SSSR count). The molecule has 1 unspecified atom stereocenters. The first-order valence-corrected chi connectivity index (χ1v) is 4.70. The highest BCUT2D eigenvalue weighted by Crippen LogP contribution is 2.27. The average molecular weight is 210 g/mol. The third-order valence-electron chi connectivity index (χ3n) is 1.32. The molecule has 0 aliphatic rings. The topological polar surface area (TPSA) is 32.3 Å². The molecule has 0 aliphatic carbocycles. The van der Waals surface area contributed by atoms with Crippen LogP contribution >= 0.6 is 22.9 Å². The van der Waals surface area contributed by atoms with E-state index in [-0.39, 0.29) is 6.54 Å². The minimum atomic E-state index is -0.957. The monoisotopic (exact) mass is 209 g/mol. The van der Waals surface area contributed by atoms with Gasteiger partial charge in [0.15, 0.2) is 0 Å². The Morgan fingerprint density at radius 2 is 2.50 bits per heavy atom. The zero-order valence-electron chi connectivity index (χ0n) is 6.26. The third-order valence-corrected chi connectivity index (χ3v) is 2.49. The van der Waals surface area contributed by atoms with E-state index in [1.165, 1.54) is 11.3 Å². The Labute approximate surface area is 79.0 Å². The van der Waals surface area contributed by atoms with Gasteiger partial charge < -0.3 is 10.4 Å². The predicted octanol–water partition coefficient (Wildman–Crippen LogP) is 2.14. The maximum atomic E-state index is 11.8. The molecular formula is C7H9ClFNOS. The van der Waals surface area contributed by atoms with Gasteiger partial charge in [-0.25, -0.2) is 4.39 Å². The van der Waals surface area contributed by atoms with Gasteiger partial charge in [-0.15, -0.1) is 11.3 Å². The Hall–Kier alpha value is -0.320. The molecule has 0 spiro atoms. The molecule has 1 heterocycles. The van der Waals surface area contributed by atoms with Crippen molar-refractivity contribution in [3.63, 3.8) is 0 Å². The number of alkyl halides is 1. The number of aliphatic hydroxyl groups is 1. The van der Waals surface area contributed by atoms with Crippen LogP contribution in [-0.4, -0.2) is 24.4 Å². The van der Waals surface area contributed by atoms with E-state index in [4.69, 9.17) is 16.7 Å². The number of anilines is 1. The summed E-state index contributed by atoms with van der Waals surface area (Å²) in [6.45, 7) is -0.554. The normalized spacial score (nSPS) is 12.9. The second-order valence-corrected chi connectivity index (χ2v) is 3.82. The number of halogens is 2. The van der Waals surface area contributed by atoms with E-state index in [1.807, 2.05) is 5.38 Å². The quantitative estimate of drug-likeness (QED) is 0.797. The summed E-state index contributed by atoms with van der Waals surface area (Å²) < 4.78 is 12.4. The van der Waals surface area contributed by atoms with Gasteiger partial charge in [0, 0.05) is 6.54 Å². The van der Waals surface area contributed by atoms with E-state index in [2.05, 4.69) is 5.32 Å². The molecule has 68 valence electrons. The standard InChI is InChI=1S/C7H9ClFNOS/c8-7-6(1-2-12-7)10-4-5(11)3-9/h1-2,5,10-11H,3-4H2. The summed E-state index contributed by atoms with van der Waals surface area (Å²) in [4.78, 5) is 0. The molecule has 0 aromatic carbocycles. The van der Waals surface area contributed by atoms with Gasteiger partial charge in [0.2, 0.25) is 0 Å². The van der Waals surface area contributed by atoms with Crippen molar-refractivity contribution in [1.82, 2.24) is 0 Å². The van der Waals surface area contributed by atoms with Crippen LogP contribution in [0.2, 0.25) is 4.34 Å². The second-order valence-electron chi connectivity index (χ2n) is 2.30. The molecule has 0 amide bonds. The Bertz CT molecular complexity index is 243. The first kappa shape index (κ1) is 9.77. The third kappa shape index (κ3) is 2.62. The van der Waals surface area contributed by atoms with Gasteiger partial charge in [-0.1, -0.05) is 11.6 Å². The van der Waals surface area contributed by atoms with Crippen molar-refractivity contribution >= 4 is 28.6 Å². The van der Waals surface area contributed by atoms with E-state index in [0.717, 1.165) is 5.69 Å². The minimum absolute atomic E-state index is 0.187. The van der Waals surface area contributed by atoms with Crippen molar-refractivity contribution in [1.29, 1.82) is 0 Å². The van der Waals surface area contributed by atoms with Crippen LogP contribution in [0.1, 0.15) is 0 Å². The highest BCUT2D eigenvalue weighted by Gasteiger charge is 2.04. The molecule has 1 aromatic rings. The van der Waals surface area contributed by atoms with Crippen molar-refractivity contribution in [3.05, 3.63) is 15.8 Å². The van der Waals surface area contributed by atoms with Gasteiger partial charge >= 0.3 is 0 Å². The van der Waals surface area contributed by atoms with E-state index in [1.54, 1.807) is 6.07 Å². The van der Waals surface area contributed by atoms with Crippen LogP contribution < -0.4 is 5.32 Å². The van der Waals surface area contributed by atoms with Gasteiger partial charge in [-0.2, -0.15) is 0 Å². The number of nitrogens with one attached hydrogen (secondary N) is 1. The van der Waals surface area contributed by atoms with Crippen molar-refractivity contribution in [3.8, 4) is 0 Å². The van der Waals surface area contributed by atoms with Gasteiger partial charge in [0.05, 0.1) is 11.8 Å². The van der Waals surface area contributed by atoms with Crippen LogP contribution in [0.15, 0.2) is 11.4 Å². The molecule has 5 heteroatoms. The lowest BCUT2D eigenvalue weighted by atomic mass is 10.4. The molecule has 0 bridgehead atoms. The molecule has 12 heavy (non-hydrogen) atoms. The largest absolute Gasteiger partial charge is 0.389 e.